The van der Waals surface area contributed by atoms with Gasteiger partial charge in [-0.25, -0.2) is 0 Å². The number of rotatable bonds is 2. The van der Waals surface area contributed by atoms with E-state index in [1.165, 1.54) is 4.90 Å². The van der Waals surface area contributed by atoms with Crippen molar-refractivity contribution in [2.75, 3.05) is 18.1 Å². The number of nitriles is 1. The third kappa shape index (κ3) is 2.29. The van der Waals surface area contributed by atoms with Gasteiger partial charge in [-0.1, -0.05) is 6.07 Å². The predicted molar refractivity (Wildman–Crippen MR) is 65.2 cm³/mol. The molecule has 1 aromatic rings. The monoisotopic (exact) mass is 246 g/mol. The molecule has 94 valence electrons. The van der Waals surface area contributed by atoms with Crippen LogP contribution in [-0.2, 0) is 4.79 Å². The number of fused-ring (bicyclic) bond motifs is 1. The van der Waals surface area contributed by atoms with Gasteiger partial charge in [-0.15, -0.1) is 0 Å². The summed E-state index contributed by atoms with van der Waals surface area (Å²) >= 11 is 0. The minimum Gasteiger partial charge on any atom is -0.491 e. The average Bonchev–Trinajstić information content (AvgIpc) is 2.50. The first-order valence-corrected chi connectivity index (χ1v) is 5.75. The molecule has 1 aliphatic heterocycles. The van der Waals surface area contributed by atoms with Crippen molar-refractivity contribution in [2.24, 2.45) is 0 Å². The number of hydrogen-bond donors (Lipinski definition) is 1. The summed E-state index contributed by atoms with van der Waals surface area (Å²) in [5.74, 6) is 0.429. The van der Waals surface area contributed by atoms with Gasteiger partial charge in [0.15, 0.2) is 0 Å². The van der Waals surface area contributed by atoms with Crippen molar-refractivity contribution in [1.82, 2.24) is 0 Å². The van der Waals surface area contributed by atoms with Crippen molar-refractivity contribution < 1.29 is 14.6 Å². The van der Waals surface area contributed by atoms with Gasteiger partial charge in [-0.3, -0.25) is 9.69 Å². The van der Waals surface area contributed by atoms with Crippen molar-refractivity contribution >= 4 is 11.6 Å². The fourth-order valence-electron chi connectivity index (χ4n) is 1.89. The van der Waals surface area contributed by atoms with Crippen LogP contribution in [0.3, 0.4) is 0 Å². The van der Waals surface area contributed by atoms with E-state index in [0.29, 0.717) is 23.6 Å². The highest BCUT2D eigenvalue weighted by Crippen LogP contribution is 2.33. The smallest absolute Gasteiger partial charge is 0.231 e. The Kier molecular flexibility index (Phi) is 3.49. The van der Waals surface area contributed by atoms with Crippen LogP contribution in [0.5, 0.6) is 5.75 Å². The Morgan fingerprint density at radius 2 is 2.39 bits per heavy atom. The van der Waals surface area contributed by atoms with Gasteiger partial charge in [-0.2, -0.15) is 5.26 Å². The van der Waals surface area contributed by atoms with E-state index in [0.717, 1.165) is 0 Å². The van der Waals surface area contributed by atoms with Crippen LogP contribution in [0.25, 0.3) is 0 Å². The lowest BCUT2D eigenvalue weighted by Gasteiger charge is -2.20. The molecule has 0 saturated carbocycles. The molecule has 0 fully saturated rings. The summed E-state index contributed by atoms with van der Waals surface area (Å²) < 4.78 is 5.48. The molecule has 1 atom stereocenters. The van der Waals surface area contributed by atoms with E-state index in [4.69, 9.17) is 10.00 Å². The summed E-state index contributed by atoms with van der Waals surface area (Å²) in [7, 11) is 0. The molecule has 0 bridgehead atoms. The molecular formula is C13H14N2O3. The van der Waals surface area contributed by atoms with E-state index in [9.17, 15) is 9.90 Å². The second-order valence-electron chi connectivity index (χ2n) is 4.14. The number of aliphatic hydroxyl groups excluding tert-OH is 1. The Morgan fingerprint density at radius 1 is 1.61 bits per heavy atom. The van der Waals surface area contributed by atoms with Gasteiger partial charge in [-0.05, 0) is 24.6 Å². The van der Waals surface area contributed by atoms with Crippen molar-refractivity contribution in [3.8, 4) is 11.8 Å². The third-order valence-corrected chi connectivity index (χ3v) is 2.86. The molecule has 18 heavy (non-hydrogen) atoms. The number of benzene rings is 1. The van der Waals surface area contributed by atoms with E-state index in [1.54, 1.807) is 25.1 Å². The zero-order chi connectivity index (χ0) is 13.1. The molecule has 0 aliphatic carbocycles. The third-order valence-electron chi connectivity index (χ3n) is 2.86. The first-order valence-electron chi connectivity index (χ1n) is 5.75. The lowest BCUT2D eigenvalue weighted by molar-refractivity contribution is -0.118. The number of hydrogen-bond acceptors (Lipinski definition) is 4. The molecule has 1 heterocycles. The zero-order valence-corrected chi connectivity index (χ0v) is 10.1. The van der Waals surface area contributed by atoms with Gasteiger partial charge >= 0.3 is 0 Å². The summed E-state index contributed by atoms with van der Waals surface area (Å²) in [6.45, 7) is 1.94. The molecule has 0 radical (unpaired) electrons. The van der Waals surface area contributed by atoms with Crippen molar-refractivity contribution in [3.63, 3.8) is 0 Å². The molecule has 0 aromatic heterocycles. The second-order valence-corrected chi connectivity index (χ2v) is 4.14. The molecule has 5 heteroatoms. The van der Waals surface area contributed by atoms with E-state index in [2.05, 4.69) is 0 Å². The Labute approximate surface area is 105 Å². The molecular weight excluding hydrogens is 232 g/mol. The molecule has 1 amide bonds. The molecule has 2 rings (SSSR count). The number of anilines is 1. The molecule has 0 spiro atoms. The lowest BCUT2D eigenvalue weighted by Crippen LogP contribution is -2.30. The van der Waals surface area contributed by atoms with Crippen LogP contribution in [0.1, 0.15) is 25.0 Å². The number of ether oxygens (including phenoxy) is 1. The average molecular weight is 246 g/mol. The lowest BCUT2D eigenvalue weighted by atomic mass is 10.1. The maximum Gasteiger partial charge on any atom is 0.231 e. The van der Waals surface area contributed by atoms with E-state index in [1.807, 2.05) is 6.07 Å². The second kappa shape index (κ2) is 5.07. The largest absolute Gasteiger partial charge is 0.491 e. The normalized spacial score (nSPS) is 16.3. The molecule has 0 saturated heterocycles. The number of carbonyl (C=O) groups is 1. The summed E-state index contributed by atoms with van der Waals surface area (Å²) in [6.07, 6.45) is -0.377. The van der Waals surface area contributed by atoms with Gasteiger partial charge in [0.2, 0.25) is 5.91 Å². The standard InChI is InChI=1S/C13H14N2O3/c1-9(16)10-2-3-12-11(8-10)15(6-5-14)13(17)4-7-18-12/h2-3,8-9,16H,4,6-7H2,1H3. The molecule has 1 unspecified atom stereocenters. The van der Waals surface area contributed by atoms with Crippen molar-refractivity contribution in [1.29, 1.82) is 5.26 Å². The number of aliphatic hydroxyl groups is 1. The van der Waals surface area contributed by atoms with E-state index < -0.39 is 6.10 Å². The zero-order valence-electron chi connectivity index (χ0n) is 10.1. The van der Waals surface area contributed by atoms with Gasteiger partial charge in [0.1, 0.15) is 12.3 Å². The Morgan fingerprint density at radius 3 is 3.06 bits per heavy atom. The van der Waals surface area contributed by atoms with Crippen LogP contribution >= 0.6 is 0 Å². The highest BCUT2D eigenvalue weighted by Gasteiger charge is 2.23. The summed E-state index contributed by atoms with van der Waals surface area (Å²) in [5.41, 5.74) is 1.24. The SMILES string of the molecule is CC(O)c1ccc2c(c1)N(CC#N)C(=O)CCO2. The maximum atomic E-state index is 11.9. The van der Waals surface area contributed by atoms with Crippen molar-refractivity contribution in [3.05, 3.63) is 23.8 Å². The Hall–Kier alpha value is -2.06. The number of carbonyl (C=O) groups excluding carboxylic acids is 1. The quantitative estimate of drug-likeness (QED) is 0.800. The molecule has 1 aromatic carbocycles. The van der Waals surface area contributed by atoms with Gasteiger partial charge < -0.3 is 9.84 Å². The summed E-state index contributed by atoms with van der Waals surface area (Å²) in [4.78, 5) is 13.3. The van der Waals surface area contributed by atoms with Crippen LogP contribution in [0.4, 0.5) is 5.69 Å². The van der Waals surface area contributed by atoms with Crippen LogP contribution < -0.4 is 9.64 Å². The summed E-state index contributed by atoms with van der Waals surface area (Å²) in [5, 5.41) is 18.4. The minimum atomic E-state index is -0.627. The fourth-order valence-corrected chi connectivity index (χ4v) is 1.89. The highest BCUT2D eigenvalue weighted by molar-refractivity contribution is 5.96. The minimum absolute atomic E-state index is 0.0154. The Balaban J connectivity index is 2.48. The van der Waals surface area contributed by atoms with Crippen LogP contribution in [-0.4, -0.2) is 24.2 Å². The van der Waals surface area contributed by atoms with E-state index >= 15 is 0 Å². The highest BCUT2D eigenvalue weighted by atomic mass is 16.5. The first-order chi connectivity index (χ1) is 8.63. The van der Waals surface area contributed by atoms with Crippen molar-refractivity contribution in [2.45, 2.75) is 19.4 Å². The Bertz CT molecular complexity index is 505. The van der Waals surface area contributed by atoms with Gasteiger partial charge in [0, 0.05) is 0 Å². The van der Waals surface area contributed by atoms with Crippen LogP contribution in [0, 0.1) is 11.3 Å². The topological polar surface area (TPSA) is 73.6 Å². The number of nitrogens with zero attached hydrogens (tertiary/aromatic N) is 2. The fraction of sp³-hybridized carbons (Fsp3) is 0.385. The van der Waals surface area contributed by atoms with Gasteiger partial charge in [0.05, 0.1) is 30.9 Å². The molecule has 1 aliphatic rings. The molecule has 1 N–H and O–H groups in total. The van der Waals surface area contributed by atoms with Gasteiger partial charge in [0.25, 0.3) is 0 Å². The van der Waals surface area contributed by atoms with Crippen LogP contribution in [0.2, 0.25) is 0 Å². The predicted octanol–water partition coefficient (Wildman–Crippen LogP) is 1.38. The van der Waals surface area contributed by atoms with Crippen LogP contribution in [0.15, 0.2) is 18.2 Å². The first kappa shape index (κ1) is 12.4. The van der Waals surface area contributed by atoms with E-state index in [-0.39, 0.29) is 18.9 Å². The summed E-state index contributed by atoms with van der Waals surface area (Å²) in [6, 6.07) is 7.14. The number of amides is 1. The molecule has 5 nitrogen and oxygen atoms in total. The maximum absolute atomic E-state index is 11.9.